The topological polar surface area (TPSA) is 90.5 Å². The lowest BCUT2D eigenvalue weighted by molar-refractivity contribution is -0.121. The van der Waals surface area contributed by atoms with E-state index in [2.05, 4.69) is 22.9 Å². The first-order valence-corrected chi connectivity index (χ1v) is 13.7. The van der Waals surface area contributed by atoms with E-state index in [9.17, 15) is 14.7 Å². The van der Waals surface area contributed by atoms with Crippen molar-refractivity contribution >= 4 is 11.9 Å². The molecule has 0 aromatic heterocycles. The summed E-state index contributed by atoms with van der Waals surface area (Å²) in [6.45, 7) is 2.90. The zero-order valence-corrected chi connectivity index (χ0v) is 21.5. The quantitative estimate of drug-likeness (QED) is 0.120. The number of rotatable bonds is 21. The van der Waals surface area contributed by atoms with E-state index in [0.29, 0.717) is 19.4 Å². The van der Waals surface area contributed by atoms with E-state index in [4.69, 9.17) is 0 Å². The fourth-order valence-electron chi connectivity index (χ4n) is 4.01. The Hall–Kier alpha value is -2.24. The van der Waals surface area contributed by atoms with Crippen LogP contribution in [0.3, 0.4) is 0 Å². The van der Waals surface area contributed by atoms with Gasteiger partial charge in [-0.1, -0.05) is 109 Å². The second kappa shape index (κ2) is 21.3. The number of carbonyl (C=O) groups excluding carboxylic acids is 2. The number of phenols is 1. The first-order valence-electron chi connectivity index (χ1n) is 13.7. The van der Waals surface area contributed by atoms with Crippen LogP contribution in [0.15, 0.2) is 24.3 Å². The summed E-state index contributed by atoms with van der Waals surface area (Å²) in [5, 5.41) is 17.4. The predicted octanol–water partition coefficient (Wildman–Crippen LogP) is 6.57. The molecule has 0 aliphatic carbocycles. The Morgan fingerprint density at radius 1 is 0.676 bits per heavy atom. The van der Waals surface area contributed by atoms with Gasteiger partial charge in [0.25, 0.3) is 0 Å². The van der Waals surface area contributed by atoms with Gasteiger partial charge in [0, 0.05) is 13.0 Å². The first-order chi connectivity index (χ1) is 16.6. The Bertz CT molecular complexity index is 634. The molecular formula is C28H49N3O3. The number of hydrogen-bond donors (Lipinski definition) is 4. The van der Waals surface area contributed by atoms with E-state index in [1.165, 1.54) is 83.5 Å². The molecule has 3 amide bonds. The van der Waals surface area contributed by atoms with Crippen molar-refractivity contribution < 1.29 is 14.7 Å². The molecule has 1 rings (SSSR count). The third kappa shape index (κ3) is 18.2. The number of benzene rings is 1. The number of urea groups is 1. The molecule has 0 atom stereocenters. The zero-order chi connectivity index (χ0) is 24.7. The molecule has 0 unspecified atom stereocenters. The van der Waals surface area contributed by atoms with Crippen molar-refractivity contribution in [1.29, 1.82) is 0 Å². The van der Waals surface area contributed by atoms with E-state index >= 15 is 0 Å². The van der Waals surface area contributed by atoms with E-state index in [1.54, 1.807) is 12.1 Å². The summed E-state index contributed by atoms with van der Waals surface area (Å²) in [5.74, 6) is 0.216. The van der Waals surface area contributed by atoms with Crippen molar-refractivity contribution in [2.24, 2.45) is 0 Å². The maximum absolute atomic E-state index is 11.9. The van der Waals surface area contributed by atoms with Crippen LogP contribution in [-0.4, -0.2) is 30.3 Å². The van der Waals surface area contributed by atoms with Crippen molar-refractivity contribution in [1.82, 2.24) is 16.0 Å². The van der Waals surface area contributed by atoms with E-state index in [-0.39, 0.29) is 24.4 Å². The Labute approximate surface area is 207 Å². The van der Waals surface area contributed by atoms with Crippen molar-refractivity contribution in [2.45, 2.75) is 116 Å². The van der Waals surface area contributed by atoms with Crippen LogP contribution in [0, 0.1) is 0 Å². The molecule has 0 radical (unpaired) electrons. The molecule has 6 heteroatoms. The van der Waals surface area contributed by atoms with E-state index in [0.717, 1.165) is 18.4 Å². The van der Waals surface area contributed by atoms with Crippen molar-refractivity contribution in [3.63, 3.8) is 0 Å². The minimum Gasteiger partial charge on any atom is -0.508 e. The maximum Gasteiger partial charge on any atom is 0.316 e. The number of amides is 3. The highest BCUT2D eigenvalue weighted by Crippen LogP contribution is 2.13. The van der Waals surface area contributed by atoms with Crippen LogP contribution in [0.2, 0.25) is 0 Å². The number of carbonyl (C=O) groups is 2. The Morgan fingerprint density at radius 3 is 1.71 bits per heavy atom. The van der Waals surface area contributed by atoms with Gasteiger partial charge in [0.05, 0.1) is 6.67 Å². The molecule has 0 saturated carbocycles. The standard InChI is InChI=1S/C28H49N3O3/c1-2-3-4-5-6-7-8-9-10-11-12-13-14-15-16-17-27(33)30-24-31-28(34)29-23-22-25-18-20-26(32)21-19-25/h18-21,32H,2-17,22-24H2,1H3,(H,30,33)(H2,29,31,34). The monoisotopic (exact) mass is 475 g/mol. The van der Waals surface area contributed by atoms with Crippen LogP contribution in [0.5, 0.6) is 5.75 Å². The largest absolute Gasteiger partial charge is 0.508 e. The number of hydrogen-bond acceptors (Lipinski definition) is 3. The van der Waals surface area contributed by atoms with Gasteiger partial charge in [0.15, 0.2) is 0 Å². The summed E-state index contributed by atoms with van der Waals surface area (Å²) < 4.78 is 0. The van der Waals surface area contributed by atoms with Crippen LogP contribution in [0.4, 0.5) is 4.79 Å². The molecule has 0 fully saturated rings. The molecule has 0 bridgehead atoms. The van der Waals surface area contributed by atoms with Gasteiger partial charge in [0.1, 0.15) is 5.75 Å². The fraction of sp³-hybridized carbons (Fsp3) is 0.714. The van der Waals surface area contributed by atoms with Gasteiger partial charge in [-0.05, 0) is 30.5 Å². The molecule has 0 aliphatic rings. The van der Waals surface area contributed by atoms with Gasteiger partial charge in [0.2, 0.25) is 5.91 Å². The average Bonchev–Trinajstić information content (AvgIpc) is 2.83. The molecule has 194 valence electrons. The summed E-state index contributed by atoms with van der Waals surface area (Å²) in [6.07, 6.45) is 20.9. The molecule has 4 N–H and O–H groups in total. The smallest absolute Gasteiger partial charge is 0.316 e. The Balaban J connectivity index is 1.82. The molecule has 0 aliphatic heterocycles. The number of aromatic hydroxyl groups is 1. The van der Waals surface area contributed by atoms with E-state index < -0.39 is 0 Å². The van der Waals surface area contributed by atoms with Gasteiger partial charge in [-0.3, -0.25) is 4.79 Å². The lowest BCUT2D eigenvalue weighted by Gasteiger charge is -2.09. The fourth-order valence-corrected chi connectivity index (χ4v) is 4.01. The number of unbranched alkanes of at least 4 members (excludes halogenated alkanes) is 14. The SMILES string of the molecule is CCCCCCCCCCCCCCCCCC(=O)NCNC(=O)NCCc1ccc(O)cc1. The molecular weight excluding hydrogens is 426 g/mol. The van der Waals surface area contributed by atoms with Crippen molar-refractivity contribution in [3.05, 3.63) is 29.8 Å². The van der Waals surface area contributed by atoms with Crippen LogP contribution >= 0.6 is 0 Å². The third-order valence-electron chi connectivity index (χ3n) is 6.18. The first kappa shape index (κ1) is 29.8. The molecule has 34 heavy (non-hydrogen) atoms. The second-order valence-corrected chi connectivity index (χ2v) is 9.33. The van der Waals surface area contributed by atoms with Gasteiger partial charge in [-0.2, -0.15) is 0 Å². The summed E-state index contributed by atoms with van der Waals surface area (Å²) in [6, 6.07) is 6.61. The van der Waals surface area contributed by atoms with Crippen LogP contribution < -0.4 is 16.0 Å². The van der Waals surface area contributed by atoms with Gasteiger partial charge in [-0.15, -0.1) is 0 Å². The highest BCUT2D eigenvalue weighted by Gasteiger charge is 2.03. The number of phenolic OH excluding ortho intramolecular Hbond substituents is 1. The minimum atomic E-state index is -0.300. The molecule has 0 heterocycles. The van der Waals surface area contributed by atoms with Gasteiger partial charge >= 0.3 is 6.03 Å². The normalized spacial score (nSPS) is 10.7. The molecule has 6 nitrogen and oxygen atoms in total. The Morgan fingerprint density at radius 2 is 1.18 bits per heavy atom. The van der Waals surface area contributed by atoms with Crippen molar-refractivity contribution in [3.8, 4) is 5.75 Å². The summed E-state index contributed by atoms with van der Waals surface area (Å²) in [5.41, 5.74) is 1.04. The maximum atomic E-state index is 11.9. The average molecular weight is 476 g/mol. The highest BCUT2D eigenvalue weighted by molar-refractivity contribution is 5.77. The third-order valence-corrected chi connectivity index (χ3v) is 6.18. The highest BCUT2D eigenvalue weighted by atomic mass is 16.3. The molecule has 0 saturated heterocycles. The Kier molecular flexibility index (Phi) is 18.7. The summed E-state index contributed by atoms with van der Waals surface area (Å²) >= 11 is 0. The minimum absolute atomic E-state index is 0.0147. The van der Waals surface area contributed by atoms with Crippen LogP contribution in [0.25, 0.3) is 0 Å². The van der Waals surface area contributed by atoms with Crippen LogP contribution in [0.1, 0.15) is 115 Å². The van der Waals surface area contributed by atoms with Crippen LogP contribution in [-0.2, 0) is 11.2 Å². The zero-order valence-electron chi connectivity index (χ0n) is 21.5. The summed E-state index contributed by atoms with van der Waals surface area (Å²) in [4.78, 5) is 23.6. The second-order valence-electron chi connectivity index (χ2n) is 9.33. The molecule has 0 spiro atoms. The number of nitrogens with one attached hydrogen (secondary N) is 3. The van der Waals surface area contributed by atoms with Gasteiger partial charge < -0.3 is 21.1 Å². The lowest BCUT2D eigenvalue weighted by atomic mass is 10.0. The molecule has 1 aromatic carbocycles. The van der Waals surface area contributed by atoms with E-state index in [1.807, 2.05) is 12.1 Å². The molecule has 1 aromatic rings. The van der Waals surface area contributed by atoms with Crippen molar-refractivity contribution in [2.75, 3.05) is 13.2 Å². The lowest BCUT2D eigenvalue weighted by Crippen LogP contribution is -2.43. The summed E-state index contributed by atoms with van der Waals surface area (Å²) in [7, 11) is 0. The van der Waals surface area contributed by atoms with Gasteiger partial charge in [-0.25, -0.2) is 4.79 Å². The predicted molar refractivity (Wildman–Crippen MR) is 141 cm³/mol.